The summed E-state index contributed by atoms with van der Waals surface area (Å²) in [7, 11) is 0. The van der Waals surface area contributed by atoms with Crippen molar-refractivity contribution in [3.05, 3.63) is 83.3 Å². The highest BCUT2D eigenvalue weighted by atomic mass is 32.1. The zero-order valence-electron chi connectivity index (χ0n) is 18.5. The second-order valence-corrected chi connectivity index (χ2v) is 9.88. The topological polar surface area (TPSA) is 92.6 Å². The lowest BCUT2D eigenvalue weighted by Crippen LogP contribution is -2.55. The van der Waals surface area contributed by atoms with E-state index in [2.05, 4.69) is 21.9 Å². The molecule has 2 aliphatic rings. The van der Waals surface area contributed by atoms with Crippen LogP contribution in [0, 0.1) is 5.82 Å². The molecule has 7 nitrogen and oxygen atoms in total. The molecular weight excluding hydrogens is 469 g/mol. The van der Waals surface area contributed by atoms with E-state index in [-0.39, 0.29) is 30.0 Å². The fraction of sp³-hybridized carbons (Fsp3) is 0.231. The number of fused-ring (bicyclic) bond motifs is 1. The minimum absolute atomic E-state index is 0.0573. The van der Waals surface area contributed by atoms with Crippen LogP contribution in [0.3, 0.4) is 0 Å². The number of ether oxygens (including phenoxy) is 1. The van der Waals surface area contributed by atoms with Gasteiger partial charge in [-0.2, -0.15) is 0 Å². The molecule has 0 atom stereocenters. The number of pyridine rings is 1. The fourth-order valence-corrected chi connectivity index (χ4v) is 5.56. The lowest BCUT2D eigenvalue weighted by molar-refractivity contribution is -0.0244. The van der Waals surface area contributed by atoms with Crippen molar-refractivity contribution in [1.82, 2.24) is 14.9 Å². The normalized spacial score (nSPS) is 16.7. The smallest absolute Gasteiger partial charge is 0.450 e. The molecule has 176 valence electrons. The Morgan fingerprint density at radius 3 is 2.51 bits per heavy atom. The number of hydrogen-bond donors (Lipinski definition) is 1. The Labute approximate surface area is 203 Å². The average molecular weight is 490 g/mol. The molecule has 6 rings (SSSR count). The van der Waals surface area contributed by atoms with Crippen molar-refractivity contribution in [2.24, 2.45) is 0 Å². The second kappa shape index (κ2) is 8.13. The van der Waals surface area contributed by atoms with E-state index in [1.54, 1.807) is 12.1 Å². The van der Waals surface area contributed by atoms with Gasteiger partial charge in [0.2, 0.25) is 0 Å². The number of nitrogens with zero attached hydrogens (tertiary/aromatic N) is 3. The van der Waals surface area contributed by atoms with Crippen molar-refractivity contribution in [3.8, 4) is 10.6 Å². The van der Waals surface area contributed by atoms with Crippen LogP contribution in [0.4, 0.5) is 9.18 Å². The maximum atomic E-state index is 15.0. The summed E-state index contributed by atoms with van der Waals surface area (Å²) < 4.78 is 19.7. The number of carboxylic acid groups (broad SMARTS) is 1. The fourth-order valence-electron chi connectivity index (χ4n) is 4.60. The molecule has 2 fully saturated rings. The van der Waals surface area contributed by atoms with Crippen molar-refractivity contribution in [2.75, 3.05) is 13.1 Å². The van der Waals surface area contributed by atoms with Crippen LogP contribution in [-0.4, -0.2) is 51.2 Å². The van der Waals surface area contributed by atoms with Gasteiger partial charge in [0.1, 0.15) is 27.3 Å². The van der Waals surface area contributed by atoms with Crippen molar-refractivity contribution < 1.29 is 23.8 Å². The standard InChI is InChI=1S/C26H20FN3O4S/c27-19-12-15(24(31)30-13-17(14-30)34-25(32)33)6-7-18(19)22-28-20-8-9-21(29-23(20)35-22)26(10-11-26)16-4-2-1-3-5-16/h1-9,12,17H,10-11,13-14H2,(H,32,33). The molecule has 9 heteroatoms. The van der Waals surface area contributed by atoms with Gasteiger partial charge in [-0.1, -0.05) is 41.7 Å². The van der Waals surface area contributed by atoms with Crippen LogP contribution in [0.1, 0.15) is 34.5 Å². The number of amides is 1. The third-order valence-corrected chi connectivity index (χ3v) is 7.67. The molecule has 0 unspecified atom stereocenters. The average Bonchev–Trinajstić information content (AvgIpc) is 3.54. The molecule has 2 aromatic heterocycles. The van der Waals surface area contributed by atoms with Crippen LogP contribution in [0.5, 0.6) is 0 Å². The molecule has 1 saturated carbocycles. The zero-order chi connectivity index (χ0) is 24.2. The minimum Gasteiger partial charge on any atom is -0.450 e. The third-order valence-electron chi connectivity index (χ3n) is 6.67. The van der Waals surface area contributed by atoms with Crippen molar-refractivity contribution in [3.63, 3.8) is 0 Å². The maximum Gasteiger partial charge on any atom is 0.506 e. The third kappa shape index (κ3) is 3.81. The summed E-state index contributed by atoms with van der Waals surface area (Å²) >= 11 is 1.33. The number of likely N-dealkylation sites (tertiary alicyclic amines) is 1. The highest BCUT2D eigenvalue weighted by Gasteiger charge is 2.47. The first-order valence-electron chi connectivity index (χ1n) is 11.3. The van der Waals surface area contributed by atoms with Gasteiger partial charge in [0, 0.05) is 16.5 Å². The summed E-state index contributed by atoms with van der Waals surface area (Å²) in [5.74, 6) is -0.913. The van der Waals surface area contributed by atoms with Gasteiger partial charge >= 0.3 is 6.16 Å². The van der Waals surface area contributed by atoms with E-state index in [1.165, 1.54) is 27.9 Å². The second-order valence-electron chi connectivity index (χ2n) is 8.90. The molecule has 1 aliphatic heterocycles. The van der Waals surface area contributed by atoms with Gasteiger partial charge in [-0.05, 0) is 48.7 Å². The highest BCUT2D eigenvalue weighted by Crippen LogP contribution is 2.53. The minimum atomic E-state index is -1.37. The van der Waals surface area contributed by atoms with Gasteiger partial charge in [-0.25, -0.2) is 19.2 Å². The number of halogens is 1. The van der Waals surface area contributed by atoms with Crippen LogP contribution >= 0.6 is 11.3 Å². The molecule has 3 heterocycles. The van der Waals surface area contributed by atoms with E-state index in [4.69, 9.17) is 10.1 Å². The van der Waals surface area contributed by atoms with E-state index in [0.29, 0.717) is 16.1 Å². The number of hydrogen-bond acceptors (Lipinski definition) is 6. The number of carbonyl (C=O) groups excluding carboxylic acids is 1. The molecule has 0 radical (unpaired) electrons. The number of aromatic nitrogens is 2. The highest BCUT2D eigenvalue weighted by molar-refractivity contribution is 7.21. The predicted octanol–water partition coefficient (Wildman–Crippen LogP) is 5.10. The monoisotopic (exact) mass is 489 g/mol. The van der Waals surface area contributed by atoms with Gasteiger partial charge in [0.05, 0.1) is 18.8 Å². The number of thiazole rings is 1. The lowest BCUT2D eigenvalue weighted by Gasteiger charge is -2.37. The Bertz CT molecular complexity index is 1460. The van der Waals surface area contributed by atoms with Gasteiger partial charge in [-0.15, -0.1) is 0 Å². The van der Waals surface area contributed by atoms with Gasteiger partial charge in [0.15, 0.2) is 0 Å². The van der Waals surface area contributed by atoms with Crippen LogP contribution in [0.2, 0.25) is 0 Å². The molecule has 35 heavy (non-hydrogen) atoms. The molecule has 2 aromatic carbocycles. The Kier molecular flexibility index (Phi) is 5.03. The number of benzene rings is 2. The van der Waals surface area contributed by atoms with E-state index >= 15 is 4.39 Å². The van der Waals surface area contributed by atoms with E-state index in [0.717, 1.165) is 23.4 Å². The summed E-state index contributed by atoms with van der Waals surface area (Å²) in [5.41, 5.74) is 3.42. The van der Waals surface area contributed by atoms with E-state index in [9.17, 15) is 9.59 Å². The zero-order valence-corrected chi connectivity index (χ0v) is 19.3. The Morgan fingerprint density at radius 1 is 1.06 bits per heavy atom. The summed E-state index contributed by atoms with van der Waals surface area (Å²) in [5, 5.41) is 9.15. The van der Waals surface area contributed by atoms with E-state index in [1.807, 2.05) is 30.3 Å². The maximum absolute atomic E-state index is 15.0. The largest absolute Gasteiger partial charge is 0.506 e. The Morgan fingerprint density at radius 2 is 1.83 bits per heavy atom. The summed E-state index contributed by atoms with van der Waals surface area (Å²) in [6.07, 6.45) is 0.177. The molecule has 0 spiro atoms. The van der Waals surface area contributed by atoms with Crippen molar-refractivity contribution >= 4 is 33.7 Å². The molecule has 1 amide bonds. The molecule has 1 N–H and O–H groups in total. The molecule has 4 aromatic rings. The molecular formula is C26H20FN3O4S. The summed E-state index contributed by atoms with van der Waals surface area (Å²) in [6.45, 7) is 0.315. The summed E-state index contributed by atoms with van der Waals surface area (Å²) in [4.78, 5) is 34.8. The van der Waals surface area contributed by atoms with Crippen LogP contribution in [0.25, 0.3) is 20.9 Å². The first-order chi connectivity index (χ1) is 16.9. The Hall–Kier alpha value is -3.85. The lowest BCUT2D eigenvalue weighted by atomic mass is 9.92. The first-order valence-corrected chi connectivity index (χ1v) is 12.1. The van der Waals surface area contributed by atoms with Gasteiger partial charge < -0.3 is 14.7 Å². The Balaban J connectivity index is 1.24. The van der Waals surface area contributed by atoms with Gasteiger partial charge in [-0.3, -0.25) is 4.79 Å². The van der Waals surface area contributed by atoms with Crippen molar-refractivity contribution in [1.29, 1.82) is 0 Å². The first kappa shape index (κ1) is 21.7. The number of carbonyl (C=O) groups is 2. The SMILES string of the molecule is O=C(O)OC1CN(C(=O)c2ccc(-c3nc4ccc(C5(c6ccccc6)CC5)nc4s3)c(F)c2)C1. The quantitative estimate of drug-likeness (QED) is 0.392. The van der Waals surface area contributed by atoms with Gasteiger partial charge in [0.25, 0.3) is 5.91 Å². The van der Waals surface area contributed by atoms with Crippen molar-refractivity contribution in [2.45, 2.75) is 24.4 Å². The van der Waals surface area contributed by atoms with E-state index < -0.39 is 18.1 Å². The molecule has 1 aliphatic carbocycles. The van der Waals surface area contributed by atoms with Crippen LogP contribution in [0.15, 0.2) is 60.7 Å². The van der Waals surface area contributed by atoms with Crippen LogP contribution < -0.4 is 0 Å². The number of rotatable bonds is 5. The van der Waals surface area contributed by atoms with Crippen LogP contribution in [-0.2, 0) is 10.2 Å². The summed E-state index contributed by atoms with van der Waals surface area (Å²) in [6, 6.07) is 18.6. The molecule has 0 bridgehead atoms. The predicted molar refractivity (Wildman–Crippen MR) is 128 cm³/mol. The molecule has 1 saturated heterocycles.